The molecule has 0 fully saturated rings. The minimum absolute atomic E-state index is 0. The van der Waals surface area contributed by atoms with Crippen LogP contribution < -0.4 is 10.6 Å². The summed E-state index contributed by atoms with van der Waals surface area (Å²) in [7, 11) is 1.62. The number of aryl methyl sites for hydroxylation is 1. The first-order chi connectivity index (χ1) is 11.9. The fourth-order valence-electron chi connectivity index (χ4n) is 2.36. The van der Waals surface area contributed by atoms with Crippen molar-refractivity contribution >= 4 is 29.9 Å². The van der Waals surface area contributed by atoms with Crippen molar-refractivity contribution in [3.8, 4) is 0 Å². The number of guanidine groups is 1. The van der Waals surface area contributed by atoms with Gasteiger partial charge in [0.05, 0.1) is 5.56 Å². The van der Waals surface area contributed by atoms with E-state index in [9.17, 15) is 13.2 Å². The van der Waals surface area contributed by atoms with Gasteiger partial charge in [0.1, 0.15) is 0 Å². The zero-order valence-electron chi connectivity index (χ0n) is 14.6. The molecular formula is C18H22F3IN4. The van der Waals surface area contributed by atoms with Gasteiger partial charge in [0.2, 0.25) is 0 Å². The van der Waals surface area contributed by atoms with Crippen LogP contribution in [0.25, 0.3) is 0 Å². The van der Waals surface area contributed by atoms with E-state index >= 15 is 0 Å². The smallest absolute Gasteiger partial charge is 0.356 e. The molecule has 0 aliphatic rings. The van der Waals surface area contributed by atoms with E-state index in [0.29, 0.717) is 18.1 Å². The standard InChI is InChI=1S/C18H21F3N4.HI/c1-13-11-23-8-6-15(13)7-9-24-17(22-2)25-12-14-4-3-5-16(10-14)18(19,20)21;/h3-6,8,10-11H,7,9,12H2,1-2H3,(H2,22,24,25);1H. The minimum atomic E-state index is -4.33. The van der Waals surface area contributed by atoms with E-state index < -0.39 is 11.7 Å². The summed E-state index contributed by atoms with van der Waals surface area (Å²) < 4.78 is 38.2. The van der Waals surface area contributed by atoms with Crippen LogP contribution in [-0.2, 0) is 19.1 Å². The Hall–Kier alpha value is -1.84. The van der Waals surface area contributed by atoms with Gasteiger partial charge in [-0.3, -0.25) is 9.98 Å². The third-order valence-corrected chi connectivity index (χ3v) is 3.76. The number of rotatable bonds is 5. The second-order valence-corrected chi connectivity index (χ2v) is 5.60. The van der Waals surface area contributed by atoms with E-state index in [1.165, 1.54) is 11.6 Å². The SMILES string of the molecule is CN=C(NCCc1ccncc1C)NCc1cccc(C(F)(F)F)c1.I. The lowest BCUT2D eigenvalue weighted by molar-refractivity contribution is -0.137. The maximum atomic E-state index is 12.7. The molecule has 0 aliphatic carbocycles. The van der Waals surface area contributed by atoms with Crippen LogP contribution in [0.2, 0.25) is 0 Å². The Morgan fingerprint density at radius 3 is 2.62 bits per heavy atom. The molecule has 26 heavy (non-hydrogen) atoms. The number of nitrogens with zero attached hydrogens (tertiary/aromatic N) is 2. The largest absolute Gasteiger partial charge is 0.416 e. The van der Waals surface area contributed by atoms with Gasteiger partial charge in [-0.15, -0.1) is 24.0 Å². The molecule has 142 valence electrons. The number of alkyl halides is 3. The van der Waals surface area contributed by atoms with Crippen LogP contribution in [0.15, 0.2) is 47.7 Å². The van der Waals surface area contributed by atoms with Gasteiger partial charge in [-0.05, 0) is 48.2 Å². The zero-order chi connectivity index (χ0) is 18.3. The van der Waals surface area contributed by atoms with E-state index in [1.807, 2.05) is 19.2 Å². The van der Waals surface area contributed by atoms with Crippen LogP contribution in [0.3, 0.4) is 0 Å². The second kappa shape index (κ2) is 10.3. The van der Waals surface area contributed by atoms with Crippen LogP contribution in [0.4, 0.5) is 13.2 Å². The average Bonchev–Trinajstić information content (AvgIpc) is 2.59. The quantitative estimate of drug-likeness (QED) is 0.389. The molecule has 0 radical (unpaired) electrons. The van der Waals surface area contributed by atoms with E-state index in [2.05, 4.69) is 20.6 Å². The summed E-state index contributed by atoms with van der Waals surface area (Å²) in [5.74, 6) is 0.545. The lowest BCUT2D eigenvalue weighted by Gasteiger charge is -2.13. The maximum Gasteiger partial charge on any atom is 0.416 e. The van der Waals surface area contributed by atoms with E-state index in [-0.39, 0.29) is 30.5 Å². The van der Waals surface area contributed by atoms with Crippen molar-refractivity contribution < 1.29 is 13.2 Å². The lowest BCUT2D eigenvalue weighted by Crippen LogP contribution is -2.37. The zero-order valence-corrected chi connectivity index (χ0v) is 16.9. The third-order valence-electron chi connectivity index (χ3n) is 3.76. The number of benzene rings is 1. The summed E-state index contributed by atoms with van der Waals surface area (Å²) in [5, 5.41) is 6.18. The van der Waals surface area contributed by atoms with Crippen molar-refractivity contribution in [1.82, 2.24) is 15.6 Å². The Morgan fingerprint density at radius 1 is 1.19 bits per heavy atom. The number of hydrogen-bond acceptors (Lipinski definition) is 2. The fourth-order valence-corrected chi connectivity index (χ4v) is 2.36. The molecule has 0 unspecified atom stereocenters. The Morgan fingerprint density at radius 2 is 1.96 bits per heavy atom. The van der Waals surface area contributed by atoms with Gasteiger partial charge in [-0.1, -0.05) is 12.1 Å². The molecule has 1 aromatic heterocycles. The summed E-state index contributed by atoms with van der Waals surface area (Å²) in [6.45, 7) is 2.92. The Bertz CT molecular complexity index is 732. The molecule has 0 amide bonds. The Labute approximate surface area is 168 Å². The van der Waals surface area contributed by atoms with Gasteiger partial charge in [0.25, 0.3) is 0 Å². The van der Waals surface area contributed by atoms with Crippen molar-refractivity contribution in [3.63, 3.8) is 0 Å². The molecule has 8 heteroatoms. The van der Waals surface area contributed by atoms with Crippen LogP contribution in [-0.4, -0.2) is 24.5 Å². The van der Waals surface area contributed by atoms with Crippen LogP contribution in [0.1, 0.15) is 22.3 Å². The van der Waals surface area contributed by atoms with Crippen LogP contribution in [0, 0.1) is 6.92 Å². The van der Waals surface area contributed by atoms with E-state index in [1.54, 1.807) is 19.3 Å². The first kappa shape index (κ1) is 22.2. The van der Waals surface area contributed by atoms with Gasteiger partial charge < -0.3 is 10.6 Å². The maximum absolute atomic E-state index is 12.7. The van der Waals surface area contributed by atoms with Gasteiger partial charge in [0, 0.05) is 32.5 Å². The highest BCUT2D eigenvalue weighted by Gasteiger charge is 2.30. The number of aliphatic imine (C=N–C) groups is 1. The van der Waals surface area contributed by atoms with Gasteiger partial charge in [-0.2, -0.15) is 13.2 Å². The summed E-state index contributed by atoms with van der Waals surface area (Å²) >= 11 is 0. The monoisotopic (exact) mass is 478 g/mol. The van der Waals surface area contributed by atoms with Crippen molar-refractivity contribution in [1.29, 1.82) is 0 Å². The first-order valence-electron chi connectivity index (χ1n) is 7.90. The molecule has 0 saturated carbocycles. The summed E-state index contributed by atoms with van der Waals surface area (Å²) in [6, 6.07) is 7.22. The lowest BCUT2D eigenvalue weighted by atomic mass is 10.1. The molecule has 0 spiro atoms. The number of nitrogens with one attached hydrogen (secondary N) is 2. The highest BCUT2D eigenvalue weighted by Crippen LogP contribution is 2.29. The highest BCUT2D eigenvalue weighted by molar-refractivity contribution is 14.0. The van der Waals surface area contributed by atoms with E-state index in [0.717, 1.165) is 24.1 Å². The number of pyridine rings is 1. The molecular weight excluding hydrogens is 456 g/mol. The number of halogens is 4. The molecule has 0 saturated heterocycles. The molecule has 0 aliphatic heterocycles. The highest BCUT2D eigenvalue weighted by atomic mass is 127. The Kier molecular flexibility index (Phi) is 8.83. The second-order valence-electron chi connectivity index (χ2n) is 5.60. The topological polar surface area (TPSA) is 49.3 Å². The van der Waals surface area contributed by atoms with Crippen molar-refractivity contribution in [2.75, 3.05) is 13.6 Å². The average molecular weight is 478 g/mol. The third kappa shape index (κ3) is 6.81. The normalized spacial score (nSPS) is 11.7. The van der Waals surface area contributed by atoms with Crippen LogP contribution >= 0.6 is 24.0 Å². The number of aromatic nitrogens is 1. The summed E-state index contributed by atoms with van der Waals surface area (Å²) in [6.07, 6.45) is 0.0377. The molecule has 2 N–H and O–H groups in total. The summed E-state index contributed by atoms with van der Waals surface area (Å²) in [5.41, 5.74) is 2.21. The molecule has 2 rings (SSSR count). The van der Waals surface area contributed by atoms with Crippen LogP contribution in [0.5, 0.6) is 0 Å². The summed E-state index contributed by atoms with van der Waals surface area (Å²) in [4.78, 5) is 8.14. The first-order valence-corrected chi connectivity index (χ1v) is 7.90. The van der Waals surface area contributed by atoms with Crippen molar-refractivity contribution in [2.45, 2.75) is 26.1 Å². The van der Waals surface area contributed by atoms with Crippen molar-refractivity contribution in [3.05, 3.63) is 65.0 Å². The molecule has 0 bridgehead atoms. The number of hydrogen-bond donors (Lipinski definition) is 2. The molecule has 1 aromatic carbocycles. The predicted molar refractivity (Wildman–Crippen MR) is 108 cm³/mol. The van der Waals surface area contributed by atoms with Gasteiger partial charge in [-0.25, -0.2) is 0 Å². The molecule has 4 nitrogen and oxygen atoms in total. The van der Waals surface area contributed by atoms with Gasteiger partial charge >= 0.3 is 6.18 Å². The molecule has 0 atom stereocenters. The fraction of sp³-hybridized carbons (Fsp3) is 0.333. The van der Waals surface area contributed by atoms with Gasteiger partial charge in [0.15, 0.2) is 5.96 Å². The molecule has 2 aromatic rings. The Balaban J connectivity index is 0.00000338. The predicted octanol–water partition coefficient (Wildman–Crippen LogP) is 3.93. The van der Waals surface area contributed by atoms with E-state index in [4.69, 9.17) is 0 Å². The van der Waals surface area contributed by atoms with Crippen molar-refractivity contribution in [2.24, 2.45) is 4.99 Å². The minimum Gasteiger partial charge on any atom is -0.356 e. The molecule has 1 heterocycles.